The fraction of sp³-hybridized carbons (Fsp3) is 0. The van der Waals surface area contributed by atoms with E-state index in [4.69, 9.17) is 9.72 Å². The van der Waals surface area contributed by atoms with Gasteiger partial charge in [-0.25, -0.2) is 4.98 Å². The van der Waals surface area contributed by atoms with Crippen molar-refractivity contribution in [2.75, 3.05) is 0 Å². The maximum atomic E-state index is 6.22. The van der Waals surface area contributed by atoms with E-state index in [9.17, 15) is 0 Å². The predicted molar refractivity (Wildman–Crippen MR) is 114 cm³/mol. The summed E-state index contributed by atoms with van der Waals surface area (Å²) in [7, 11) is 0. The number of nitrogens with zero attached hydrogens (tertiary/aromatic N) is 1. The molecular formula is C26H16NO. The molecule has 131 valence electrons. The lowest BCUT2D eigenvalue weighted by molar-refractivity contribution is 0.469. The molecule has 2 nitrogen and oxygen atoms in total. The maximum Gasteiger partial charge on any atom is 0.131 e. The van der Waals surface area contributed by atoms with E-state index in [1.807, 2.05) is 36.4 Å². The van der Waals surface area contributed by atoms with E-state index >= 15 is 0 Å². The molecular weight excluding hydrogens is 342 g/mol. The molecule has 2 heterocycles. The molecule has 6 rings (SSSR count). The van der Waals surface area contributed by atoms with Crippen LogP contribution in [0.2, 0.25) is 0 Å². The van der Waals surface area contributed by atoms with Crippen molar-refractivity contribution in [1.82, 2.24) is 4.98 Å². The van der Waals surface area contributed by atoms with Gasteiger partial charge in [0.25, 0.3) is 0 Å². The standard InChI is InChI=1S/C26H16NO/c1-6-14-24-17(8-1)16-21-18(11-7-15-25(21)28-24)26-19-9-2-4-12-22(19)27-23-13-5-3-10-20(23)26/h1-16H. The van der Waals surface area contributed by atoms with Crippen molar-refractivity contribution in [2.24, 2.45) is 0 Å². The molecule has 2 heteroatoms. The van der Waals surface area contributed by atoms with E-state index in [-0.39, 0.29) is 0 Å². The molecule has 1 radical (unpaired) electrons. The van der Waals surface area contributed by atoms with Gasteiger partial charge in [-0.3, -0.25) is 0 Å². The third-order valence-corrected chi connectivity index (χ3v) is 5.36. The first kappa shape index (κ1) is 15.4. The molecule has 0 saturated heterocycles. The summed E-state index contributed by atoms with van der Waals surface area (Å²) in [6, 6.07) is 31.2. The van der Waals surface area contributed by atoms with Crippen LogP contribution in [0.1, 0.15) is 11.1 Å². The van der Waals surface area contributed by atoms with Crippen molar-refractivity contribution < 1.29 is 4.74 Å². The van der Waals surface area contributed by atoms with Crippen LogP contribution in [-0.2, 0) is 0 Å². The fourth-order valence-corrected chi connectivity index (χ4v) is 4.10. The Balaban J connectivity index is 1.70. The molecule has 0 aliphatic carbocycles. The van der Waals surface area contributed by atoms with Crippen LogP contribution in [0.5, 0.6) is 11.5 Å². The summed E-state index contributed by atoms with van der Waals surface area (Å²) in [4.78, 5) is 4.87. The molecule has 0 spiro atoms. The number of fused-ring (bicyclic) bond motifs is 4. The Morgan fingerprint density at radius 1 is 0.571 bits per heavy atom. The zero-order valence-corrected chi connectivity index (χ0v) is 15.1. The minimum atomic E-state index is 0.890. The van der Waals surface area contributed by atoms with Gasteiger partial charge >= 0.3 is 0 Å². The first-order chi connectivity index (χ1) is 13.9. The zero-order valence-electron chi connectivity index (χ0n) is 15.1. The largest absolute Gasteiger partial charge is 0.457 e. The average molecular weight is 358 g/mol. The number of rotatable bonds is 1. The molecule has 1 aromatic heterocycles. The lowest BCUT2D eigenvalue weighted by atomic mass is 9.88. The topological polar surface area (TPSA) is 22.1 Å². The summed E-state index contributed by atoms with van der Waals surface area (Å²) >= 11 is 0. The lowest BCUT2D eigenvalue weighted by Gasteiger charge is -2.23. The summed E-state index contributed by atoms with van der Waals surface area (Å²) < 4.78 is 6.22. The van der Waals surface area contributed by atoms with Gasteiger partial charge in [-0.1, -0.05) is 66.7 Å². The molecule has 0 atom stereocenters. The summed E-state index contributed by atoms with van der Waals surface area (Å²) in [5, 5.41) is 2.31. The SMILES string of the molecule is [CH]1c2ccccc2Oc2cccc(-c3c4ccccc4nc4ccccc34)c21. The van der Waals surface area contributed by atoms with Crippen molar-refractivity contribution in [3.05, 3.63) is 109 Å². The second-order valence-electron chi connectivity index (χ2n) is 7.02. The predicted octanol–water partition coefficient (Wildman–Crippen LogP) is 6.76. The molecule has 0 unspecified atom stereocenters. The number of hydrogen-bond donors (Lipinski definition) is 0. The maximum absolute atomic E-state index is 6.22. The molecule has 0 fully saturated rings. The Hall–Kier alpha value is -3.65. The van der Waals surface area contributed by atoms with Gasteiger partial charge in [-0.05, 0) is 29.8 Å². The van der Waals surface area contributed by atoms with Crippen LogP contribution in [-0.4, -0.2) is 4.98 Å². The highest BCUT2D eigenvalue weighted by Gasteiger charge is 2.22. The van der Waals surface area contributed by atoms with Crippen molar-refractivity contribution >= 4 is 21.8 Å². The highest BCUT2D eigenvalue weighted by molar-refractivity contribution is 6.10. The summed E-state index contributed by atoms with van der Waals surface area (Å²) in [6.45, 7) is 0. The monoisotopic (exact) mass is 358 g/mol. The minimum absolute atomic E-state index is 0.890. The van der Waals surface area contributed by atoms with Gasteiger partial charge in [0.2, 0.25) is 0 Å². The third-order valence-electron chi connectivity index (χ3n) is 5.36. The van der Waals surface area contributed by atoms with E-state index < -0.39 is 0 Å². The smallest absolute Gasteiger partial charge is 0.131 e. The minimum Gasteiger partial charge on any atom is -0.457 e. The van der Waals surface area contributed by atoms with Crippen LogP contribution >= 0.6 is 0 Å². The molecule has 28 heavy (non-hydrogen) atoms. The van der Waals surface area contributed by atoms with E-state index in [1.54, 1.807) is 0 Å². The van der Waals surface area contributed by atoms with Crippen LogP contribution in [0.3, 0.4) is 0 Å². The van der Waals surface area contributed by atoms with Crippen molar-refractivity contribution in [3.63, 3.8) is 0 Å². The zero-order chi connectivity index (χ0) is 18.5. The molecule has 1 aliphatic rings. The van der Waals surface area contributed by atoms with Crippen LogP contribution in [0.15, 0.2) is 91.0 Å². The highest BCUT2D eigenvalue weighted by Crippen LogP contribution is 2.45. The second-order valence-corrected chi connectivity index (χ2v) is 7.02. The Morgan fingerprint density at radius 2 is 1.21 bits per heavy atom. The van der Waals surface area contributed by atoms with Gasteiger partial charge in [0, 0.05) is 33.9 Å². The molecule has 5 aromatic rings. The summed E-state index contributed by atoms with van der Waals surface area (Å²) in [5.74, 6) is 1.79. The number of pyridine rings is 1. The van der Waals surface area contributed by atoms with Crippen molar-refractivity contribution in [3.8, 4) is 22.6 Å². The van der Waals surface area contributed by atoms with Gasteiger partial charge in [-0.15, -0.1) is 0 Å². The lowest BCUT2D eigenvalue weighted by Crippen LogP contribution is -2.03. The van der Waals surface area contributed by atoms with Gasteiger partial charge in [0.15, 0.2) is 0 Å². The van der Waals surface area contributed by atoms with Crippen molar-refractivity contribution in [2.45, 2.75) is 0 Å². The third kappa shape index (κ3) is 2.25. The van der Waals surface area contributed by atoms with Gasteiger partial charge in [0.1, 0.15) is 11.5 Å². The molecule has 4 aromatic carbocycles. The van der Waals surface area contributed by atoms with E-state index in [0.29, 0.717) is 0 Å². The molecule has 0 bridgehead atoms. The number of ether oxygens (including phenoxy) is 1. The van der Waals surface area contributed by atoms with E-state index in [2.05, 4.69) is 61.0 Å². The average Bonchev–Trinajstić information content (AvgIpc) is 2.76. The molecule has 0 amide bonds. The normalized spacial score (nSPS) is 12.4. The molecule has 0 N–H and O–H groups in total. The van der Waals surface area contributed by atoms with Crippen LogP contribution < -0.4 is 4.74 Å². The van der Waals surface area contributed by atoms with Gasteiger partial charge < -0.3 is 4.74 Å². The molecule has 0 saturated carbocycles. The Bertz CT molecular complexity index is 1320. The number of aromatic nitrogens is 1. The number of para-hydroxylation sites is 3. The Kier molecular flexibility index (Phi) is 3.26. The van der Waals surface area contributed by atoms with E-state index in [0.717, 1.165) is 44.4 Å². The quantitative estimate of drug-likeness (QED) is 0.303. The first-order valence-electron chi connectivity index (χ1n) is 9.41. The number of hydrogen-bond acceptors (Lipinski definition) is 2. The highest BCUT2D eigenvalue weighted by atomic mass is 16.5. The first-order valence-corrected chi connectivity index (χ1v) is 9.41. The second kappa shape index (κ2) is 5.93. The Labute approximate surface area is 163 Å². The van der Waals surface area contributed by atoms with Gasteiger partial charge in [-0.2, -0.15) is 0 Å². The number of benzene rings is 4. The van der Waals surface area contributed by atoms with Gasteiger partial charge in [0.05, 0.1) is 11.0 Å². The molecule has 1 aliphatic heterocycles. The van der Waals surface area contributed by atoms with Crippen molar-refractivity contribution in [1.29, 1.82) is 0 Å². The Morgan fingerprint density at radius 3 is 2.00 bits per heavy atom. The van der Waals surface area contributed by atoms with Crippen LogP contribution in [0.25, 0.3) is 32.9 Å². The van der Waals surface area contributed by atoms with Crippen LogP contribution in [0, 0.1) is 6.42 Å². The van der Waals surface area contributed by atoms with Crippen LogP contribution in [0.4, 0.5) is 0 Å². The van der Waals surface area contributed by atoms with E-state index in [1.165, 1.54) is 11.1 Å². The summed E-state index contributed by atoms with van der Waals surface area (Å²) in [5.41, 5.74) is 6.60. The fourth-order valence-electron chi connectivity index (χ4n) is 4.10. The summed E-state index contributed by atoms with van der Waals surface area (Å²) in [6.07, 6.45) is 2.23.